The summed E-state index contributed by atoms with van der Waals surface area (Å²) in [5, 5.41) is 0. The average molecular weight is 273 g/mol. The monoisotopic (exact) mass is 273 g/mol. The van der Waals surface area contributed by atoms with E-state index >= 15 is 0 Å². The van der Waals surface area contributed by atoms with Crippen LogP contribution in [0.2, 0.25) is 0 Å². The van der Waals surface area contributed by atoms with E-state index in [1.165, 1.54) is 0 Å². The summed E-state index contributed by atoms with van der Waals surface area (Å²) in [6.07, 6.45) is -4.68. The van der Waals surface area contributed by atoms with Crippen LogP contribution in [0.25, 0.3) is 11.3 Å². The lowest BCUT2D eigenvalue weighted by atomic mass is 10.1. The summed E-state index contributed by atoms with van der Waals surface area (Å²) in [7, 11) is 0. The number of alkyl halides is 5. The molecule has 0 saturated heterocycles. The molecule has 1 heterocycles. The first-order valence-electron chi connectivity index (χ1n) is 5.29. The quantitative estimate of drug-likeness (QED) is 0.739. The molecule has 0 aliphatic carbocycles. The van der Waals surface area contributed by atoms with E-state index in [4.69, 9.17) is 0 Å². The first-order chi connectivity index (χ1) is 8.82. The van der Waals surface area contributed by atoms with Crippen LogP contribution >= 0.6 is 0 Å². The molecule has 2 aromatic rings. The summed E-state index contributed by atoms with van der Waals surface area (Å²) in [4.78, 5) is 3.80. The fourth-order valence-electron chi connectivity index (χ4n) is 1.56. The number of aromatic nitrogens is 1. The van der Waals surface area contributed by atoms with E-state index < -0.39 is 17.7 Å². The Balaban J connectivity index is 2.47. The number of hydrogen-bond acceptors (Lipinski definition) is 1. The Hall–Kier alpha value is -1.98. The molecule has 0 saturated carbocycles. The van der Waals surface area contributed by atoms with Gasteiger partial charge in [-0.25, -0.2) is 0 Å². The third-order valence-corrected chi connectivity index (χ3v) is 2.55. The molecule has 0 spiro atoms. The van der Waals surface area contributed by atoms with Crippen molar-refractivity contribution in [2.45, 2.75) is 12.1 Å². The van der Waals surface area contributed by atoms with Gasteiger partial charge in [0.05, 0.1) is 5.69 Å². The van der Waals surface area contributed by atoms with E-state index in [-0.39, 0.29) is 5.69 Å². The number of hydrogen-bond donors (Lipinski definition) is 0. The van der Waals surface area contributed by atoms with Crippen molar-refractivity contribution in [2.24, 2.45) is 0 Å². The van der Waals surface area contributed by atoms with Crippen molar-refractivity contribution < 1.29 is 22.0 Å². The minimum atomic E-state index is -5.62. The Bertz CT molecular complexity index is 563. The molecule has 0 fully saturated rings. The van der Waals surface area contributed by atoms with Crippen LogP contribution in [0.4, 0.5) is 22.0 Å². The maximum Gasteiger partial charge on any atom is 0.458 e. The van der Waals surface area contributed by atoms with Crippen molar-refractivity contribution in [3.05, 3.63) is 54.2 Å². The molecular formula is C13H8F5N. The van der Waals surface area contributed by atoms with E-state index in [1.807, 2.05) is 0 Å². The third kappa shape index (κ3) is 2.57. The van der Waals surface area contributed by atoms with Crippen molar-refractivity contribution in [1.82, 2.24) is 4.98 Å². The van der Waals surface area contributed by atoms with Gasteiger partial charge in [0, 0.05) is 17.3 Å². The van der Waals surface area contributed by atoms with Gasteiger partial charge in [-0.3, -0.25) is 4.98 Å². The van der Waals surface area contributed by atoms with Crippen molar-refractivity contribution in [1.29, 1.82) is 0 Å². The van der Waals surface area contributed by atoms with Crippen molar-refractivity contribution >= 4 is 0 Å². The van der Waals surface area contributed by atoms with Crippen LogP contribution in [0.15, 0.2) is 48.7 Å². The second-order valence-corrected chi connectivity index (χ2v) is 3.87. The largest absolute Gasteiger partial charge is 0.458 e. The Morgan fingerprint density at radius 2 is 1.47 bits per heavy atom. The van der Waals surface area contributed by atoms with Crippen LogP contribution < -0.4 is 0 Å². The molecule has 100 valence electrons. The molecule has 6 heteroatoms. The molecule has 19 heavy (non-hydrogen) atoms. The van der Waals surface area contributed by atoms with Gasteiger partial charge in [-0.05, 0) is 12.1 Å². The fourth-order valence-corrected chi connectivity index (χ4v) is 1.56. The fraction of sp³-hybridized carbons (Fsp3) is 0.154. The summed E-state index contributed by atoms with van der Waals surface area (Å²) < 4.78 is 63.3. The zero-order valence-electron chi connectivity index (χ0n) is 9.46. The normalized spacial score (nSPS) is 12.5. The van der Waals surface area contributed by atoms with Crippen LogP contribution in [0.3, 0.4) is 0 Å². The molecule has 0 aliphatic heterocycles. The standard InChI is InChI=1S/C13H8F5N/c14-12(15,13(16,17)18)10-6-7-19-11(8-10)9-4-2-1-3-5-9/h1-8H. The molecule has 0 aliphatic rings. The second kappa shape index (κ2) is 4.60. The van der Waals surface area contributed by atoms with Gasteiger partial charge in [0.15, 0.2) is 0 Å². The van der Waals surface area contributed by atoms with E-state index in [0.29, 0.717) is 11.6 Å². The van der Waals surface area contributed by atoms with Gasteiger partial charge in [-0.15, -0.1) is 0 Å². The highest BCUT2D eigenvalue weighted by molar-refractivity contribution is 5.59. The molecule has 0 amide bonds. The highest BCUT2D eigenvalue weighted by atomic mass is 19.4. The minimum absolute atomic E-state index is 0.0713. The zero-order valence-corrected chi connectivity index (χ0v) is 9.46. The van der Waals surface area contributed by atoms with Crippen LogP contribution in [0.1, 0.15) is 5.56 Å². The SMILES string of the molecule is FC(F)(F)C(F)(F)c1ccnc(-c2ccccc2)c1. The molecule has 0 atom stereocenters. The maximum atomic E-state index is 13.2. The van der Waals surface area contributed by atoms with Crippen LogP contribution in [-0.4, -0.2) is 11.2 Å². The minimum Gasteiger partial charge on any atom is -0.256 e. The molecule has 0 N–H and O–H groups in total. The molecule has 1 nitrogen and oxygen atoms in total. The molecule has 0 radical (unpaired) electrons. The zero-order chi connectivity index (χ0) is 14.1. The topological polar surface area (TPSA) is 12.9 Å². The third-order valence-electron chi connectivity index (χ3n) is 2.55. The average Bonchev–Trinajstić information content (AvgIpc) is 2.39. The van der Waals surface area contributed by atoms with Gasteiger partial charge in [-0.2, -0.15) is 22.0 Å². The highest BCUT2D eigenvalue weighted by Gasteiger charge is 2.58. The van der Waals surface area contributed by atoms with E-state index in [2.05, 4.69) is 4.98 Å². The number of nitrogens with zero attached hydrogens (tertiary/aromatic N) is 1. The smallest absolute Gasteiger partial charge is 0.256 e. The van der Waals surface area contributed by atoms with Gasteiger partial charge in [0.1, 0.15) is 0 Å². The van der Waals surface area contributed by atoms with Crippen LogP contribution in [0, 0.1) is 0 Å². The molecule has 1 aromatic heterocycles. The van der Waals surface area contributed by atoms with E-state index in [0.717, 1.165) is 12.3 Å². The summed E-state index contributed by atoms with van der Waals surface area (Å²) in [5.74, 6) is -4.89. The van der Waals surface area contributed by atoms with Gasteiger partial charge in [0.25, 0.3) is 0 Å². The Kier molecular flexibility index (Phi) is 3.26. The van der Waals surface area contributed by atoms with Gasteiger partial charge < -0.3 is 0 Å². The van der Waals surface area contributed by atoms with Gasteiger partial charge in [0.2, 0.25) is 0 Å². The Morgan fingerprint density at radius 3 is 2.05 bits per heavy atom. The molecule has 0 unspecified atom stereocenters. The maximum absolute atomic E-state index is 13.2. The number of benzene rings is 1. The highest BCUT2D eigenvalue weighted by Crippen LogP contribution is 2.44. The van der Waals surface area contributed by atoms with E-state index in [1.54, 1.807) is 30.3 Å². The first-order valence-corrected chi connectivity index (χ1v) is 5.29. The van der Waals surface area contributed by atoms with Gasteiger partial charge in [-0.1, -0.05) is 30.3 Å². The molecule has 1 aromatic carbocycles. The summed E-state index contributed by atoms with van der Waals surface area (Å²) >= 11 is 0. The number of pyridine rings is 1. The van der Waals surface area contributed by atoms with E-state index in [9.17, 15) is 22.0 Å². The molecular weight excluding hydrogens is 265 g/mol. The summed E-state index contributed by atoms with van der Waals surface area (Å²) in [5.41, 5.74) is -0.571. The van der Waals surface area contributed by atoms with Crippen LogP contribution in [0.5, 0.6) is 0 Å². The molecule has 2 rings (SSSR count). The van der Waals surface area contributed by atoms with Crippen LogP contribution in [-0.2, 0) is 5.92 Å². The Morgan fingerprint density at radius 1 is 0.842 bits per heavy atom. The lowest BCUT2D eigenvalue weighted by Crippen LogP contribution is -2.33. The summed E-state index contributed by atoms with van der Waals surface area (Å²) in [6.45, 7) is 0. The second-order valence-electron chi connectivity index (χ2n) is 3.87. The first kappa shape index (κ1) is 13.5. The Labute approximate surface area is 105 Å². The van der Waals surface area contributed by atoms with Crippen molar-refractivity contribution in [3.8, 4) is 11.3 Å². The van der Waals surface area contributed by atoms with Gasteiger partial charge >= 0.3 is 12.1 Å². The predicted octanol–water partition coefficient (Wildman–Crippen LogP) is 4.40. The lowest BCUT2D eigenvalue weighted by molar-refractivity contribution is -0.289. The predicted molar refractivity (Wildman–Crippen MR) is 59.6 cm³/mol. The van der Waals surface area contributed by atoms with Crippen molar-refractivity contribution in [2.75, 3.05) is 0 Å². The van der Waals surface area contributed by atoms with Crippen molar-refractivity contribution in [3.63, 3.8) is 0 Å². The number of halogens is 5. The lowest BCUT2D eigenvalue weighted by Gasteiger charge is -2.20. The summed E-state index contributed by atoms with van der Waals surface area (Å²) in [6, 6.07) is 9.58. The number of rotatable bonds is 2. The molecule has 0 bridgehead atoms.